The van der Waals surface area contributed by atoms with Crippen LogP contribution in [-0.2, 0) is 4.79 Å². The van der Waals surface area contributed by atoms with Crippen LogP contribution in [0.25, 0.3) is 11.0 Å². The van der Waals surface area contributed by atoms with Gasteiger partial charge in [-0.3, -0.25) is 0 Å². The van der Waals surface area contributed by atoms with Crippen LogP contribution in [0.1, 0.15) is 20.8 Å². The molecule has 2 rings (SSSR count). The van der Waals surface area contributed by atoms with E-state index in [0.29, 0.717) is 0 Å². The number of nitrogens with zero attached hydrogens (tertiary/aromatic N) is 2. The fourth-order valence-corrected chi connectivity index (χ4v) is 6.23. The molecule has 2 aromatic rings. The number of carbonyl (C=O) groups excluding carboxylic acids is 1. The van der Waals surface area contributed by atoms with Crippen molar-refractivity contribution < 1.29 is 9.63 Å². The molecule has 0 radical (unpaired) electrons. The van der Waals surface area contributed by atoms with E-state index in [9.17, 15) is 4.79 Å². The zero-order valence-electron chi connectivity index (χ0n) is 13.0. The third kappa shape index (κ3) is 3.00. The molecule has 0 saturated carbocycles. The van der Waals surface area contributed by atoms with Crippen LogP contribution in [0, 0.1) is 5.41 Å². The van der Waals surface area contributed by atoms with Crippen molar-refractivity contribution in [2.75, 3.05) is 0 Å². The minimum absolute atomic E-state index is 0.254. The molecule has 2 aromatic heterocycles. The van der Waals surface area contributed by atoms with Gasteiger partial charge in [-0.25, -0.2) is 0 Å². The Morgan fingerprint density at radius 3 is 2.50 bits per heavy atom. The Morgan fingerprint density at radius 1 is 1.30 bits per heavy atom. The first-order valence-corrected chi connectivity index (χ1v) is 16.8. The van der Waals surface area contributed by atoms with Gasteiger partial charge in [0.05, 0.1) is 0 Å². The third-order valence-corrected chi connectivity index (χ3v) is 8.88. The molecule has 20 heavy (non-hydrogen) atoms. The molecule has 0 aromatic carbocycles. The molecule has 0 atom stereocenters. The van der Waals surface area contributed by atoms with Crippen molar-refractivity contribution in [3.63, 3.8) is 0 Å². The quantitative estimate of drug-likeness (QED) is 0.752. The van der Waals surface area contributed by atoms with E-state index in [0.717, 1.165) is 11.0 Å². The number of hydrogen-bond acceptors (Lipinski definition) is 3. The van der Waals surface area contributed by atoms with Gasteiger partial charge in [-0.05, 0) is 0 Å². The Kier molecular flexibility index (Phi) is 3.88. The number of hydrogen-bond donors (Lipinski definition) is 0. The Balaban J connectivity index is 2.53. The fraction of sp³-hybridized carbons (Fsp3) is 0.467. The van der Waals surface area contributed by atoms with Crippen molar-refractivity contribution in [2.24, 2.45) is 5.41 Å². The molecule has 0 amide bonds. The molecule has 0 spiro atoms. The van der Waals surface area contributed by atoms with Crippen LogP contribution in [0.5, 0.6) is 0 Å². The minimum atomic E-state index is -2.29. The molecule has 0 saturated heterocycles. The molecule has 0 N–H and O–H groups in total. The number of pyridine rings is 1. The Morgan fingerprint density at radius 2 is 1.95 bits per heavy atom. The summed E-state index contributed by atoms with van der Waals surface area (Å²) < 4.78 is 2.87. The zero-order chi connectivity index (χ0) is 15.1. The molecule has 0 bridgehead atoms. The summed E-state index contributed by atoms with van der Waals surface area (Å²) in [6, 6.07) is 3.99. The summed E-state index contributed by atoms with van der Waals surface area (Å²) in [7, 11) is 0. The van der Waals surface area contributed by atoms with Gasteiger partial charge in [-0.15, -0.1) is 0 Å². The molecule has 0 unspecified atom stereocenters. The van der Waals surface area contributed by atoms with E-state index < -0.39 is 23.8 Å². The standard InChI is InChI=1S/C12H13N2O2.3CH3.Sn/c1-12(2,3)11(15)16-14-8-6-9-5-4-7-13-10(9)14;;;;/h4-5,7-8H,1-3H3;3*1H3;. The SMILES string of the molecule is CC(C)(C)C(=O)On1c[c]([Sn]([CH3])([CH3])[CH3])c2cccnc21. The van der Waals surface area contributed by atoms with E-state index in [4.69, 9.17) is 4.84 Å². The molecule has 0 fully saturated rings. The summed E-state index contributed by atoms with van der Waals surface area (Å²) >= 11 is -2.29. The average Bonchev–Trinajstić information content (AvgIpc) is 2.67. The maximum atomic E-state index is 12.1. The first-order valence-electron chi connectivity index (χ1n) is 6.80. The van der Waals surface area contributed by atoms with Gasteiger partial charge in [0, 0.05) is 0 Å². The topological polar surface area (TPSA) is 44.1 Å². The first kappa shape index (κ1) is 15.3. The van der Waals surface area contributed by atoms with Crippen LogP contribution < -0.4 is 8.42 Å². The average molecular weight is 381 g/mol. The van der Waals surface area contributed by atoms with Gasteiger partial charge in [0.2, 0.25) is 0 Å². The Bertz CT molecular complexity index is 648. The van der Waals surface area contributed by atoms with Gasteiger partial charge in [-0.1, -0.05) is 0 Å². The van der Waals surface area contributed by atoms with Gasteiger partial charge < -0.3 is 0 Å². The molecule has 0 aliphatic heterocycles. The summed E-state index contributed by atoms with van der Waals surface area (Å²) in [5, 5.41) is 1.11. The number of fused-ring (bicyclic) bond motifs is 1. The normalized spacial score (nSPS) is 12.7. The second-order valence-electron chi connectivity index (χ2n) is 7.12. The van der Waals surface area contributed by atoms with Crippen LogP contribution >= 0.6 is 0 Å². The van der Waals surface area contributed by atoms with Crippen LogP contribution in [0.2, 0.25) is 14.8 Å². The first-order chi connectivity index (χ1) is 9.10. The van der Waals surface area contributed by atoms with Crippen LogP contribution in [-0.4, -0.2) is 34.1 Å². The fourth-order valence-electron chi connectivity index (χ4n) is 1.92. The van der Waals surface area contributed by atoms with Crippen molar-refractivity contribution in [1.82, 2.24) is 9.71 Å². The monoisotopic (exact) mass is 382 g/mol. The second kappa shape index (κ2) is 5.06. The summed E-state index contributed by atoms with van der Waals surface area (Å²) in [6.07, 6.45) is 3.68. The van der Waals surface area contributed by atoms with Crippen molar-refractivity contribution in [1.29, 1.82) is 0 Å². The maximum absolute atomic E-state index is 12.1. The zero-order valence-corrected chi connectivity index (χ0v) is 15.9. The van der Waals surface area contributed by atoms with E-state index >= 15 is 0 Å². The number of rotatable bonds is 2. The van der Waals surface area contributed by atoms with Gasteiger partial charge in [0.25, 0.3) is 0 Å². The summed E-state index contributed by atoms with van der Waals surface area (Å²) in [4.78, 5) is 29.0. The van der Waals surface area contributed by atoms with Crippen LogP contribution in [0.4, 0.5) is 0 Å². The van der Waals surface area contributed by atoms with Crippen molar-refractivity contribution in [3.05, 3.63) is 24.5 Å². The molecule has 2 heterocycles. The van der Waals surface area contributed by atoms with E-state index in [1.807, 2.05) is 33.0 Å². The molecule has 5 heteroatoms. The summed E-state index contributed by atoms with van der Waals surface area (Å²) in [6.45, 7) is 5.54. The van der Waals surface area contributed by atoms with Gasteiger partial charge in [0.1, 0.15) is 0 Å². The van der Waals surface area contributed by atoms with Gasteiger partial charge in [-0.2, -0.15) is 0 Å². The van der Waals surface area contributed by atoms with Crippen molar-refractivity contribution in [3.8, 4) is 0 Å². The number of carbonyl (C=O) groups is 1. The van der Waals surface area contributed by atoms with Gasteiger partial charge >= 0.3 is 124 Å². The van der Waals surface area contributed by atoms with E-state index in [-0.39, 0.29) is 5.97 Å². The third-order valence-electron chi connectivity index (χ3n) is 3.13. The molecular weight excluding hydrogens is 359 g/mol. The Hall–Kier alpha value is -1.04. The predicted octanol–water partition coefficient (Wildman–Crippen LogP) is 2.58. The van der Waals surface area contributed by atoms with E-state index in [2.05, 4.69) is 25.9 Å². The molecule has 108 valence electrons. The number of aromatic nitrogens is 2. The van der Waals surface area contributed by atoms with Crippen molar-refractivity contribution in [2.45, 2.75) is 35.6 Å². The van der Waals surface area contributed by atoms with Crippen molar-refractivity contribution >= 4 is 39.0 Å². The van der Waals surface area contributed by atoms with Crippen LogP contribution in [0.15, 0.2) is 24.5 Å². The van der Waals surface area contributed by atoms with E-state index in [1.54, 1.807) is 10.9 Å². The molecule has 0 aliphatic carbocycles. The predicted molar refractivity (Wildman–Crippen MR) is 83.8 cm³/mol. The van der Waals surface area contributed by atoms with E-state index in [1.165, 1.54) is 3.58 Å². The molecule has 0 aliphatic rings. The van der Waals surface area contributed by atoms with Crippen LogP contribution in [0.3, 0.4) is 0 Å². The van der Waals surface area contributed by atoms with Gasteiger partial charge in [0.15, 0.2) is 0 Å². The molecule has 4 nitrogen and oxygen atoms in total. The molecular formula is C15H22N2O2Sn. The summed E-state index contributed by atoms with van der Waals surface area (Å²) in [5.74, 6) is -0.254. The Labute approximate surface area is 124 Å². The summed E-state index contributed by atoms with van der Waals surface area (Å²) in [5.41, 5.74) is 0.197. The second-order valence-corrected chi connectivity index (χ2v) is 21.5.